The Balaban J connectivity index is 1.93. The number of nitrogens with zero attached hydrogens (tertiary/aromatic N) is 2. The lowest BCUT2D eigenvalue weighted by Gasteiger charge is -2.06. The molecule has 3 aromatic rings. The summed E-state index contributed by atoms with van der Waals surface area (Å²) in [5, 5.41) is 3.38. The summed E-state index contributed by atoms with van der Waals surface area (Å²) >= 11 is 7.26. The molecule has 1 aromatic carbocycles. The van der Waals surface area contributed by atoms with Crippen LogP contribution in [0.5, 0.6) is 0 Å². The molecule has 1 amide bonds. The summed E-state index contributed by atoms with van der Waals surface area (Å²) in [5.74, 6) is -0.294. The number of carbonyl (C=O) groups is 1. The largest absolute Gasteiger partial charge is 0.396 e. The van der Waals surface area contributed by atoms with Gasteiger partial charge in [-0.3, -0.25) is 4.79 Å². The van der Waals surface area contributed by atoms with E-state index in [4.69, 9.17) is 17.3 Å². The maximum absolute atomic E-state index is 12.3. The number of hydrogen-bond acceptors (Lipinski definition) is 5. The number of fused-ring (bicyclic) bond motifs is 1. The first-order valence-electron chi connectivity index (χ1n) is 6.13. The summed E-state index contributed by atoms with van der Waals surface area (Å²) < 4.78 is 0. The maximum atomic E-state index is 12.3. The van der Waals surface area contributed by atoms with Crippen molar-refractivity contribution in [3.8, 4) is 0 Å². The average Bonchev–Trinajstić information content (AvgIpc) is 2.81. The number of hydrogen-bond donors (Lipinski definition) is 2. The van der Waals surface area contributed by atoms with Gasteiger partial charge in [-0.1, -0.05) is 17.7 Å². The minimum absolute atomic E-state index is 0.294. The summed E-state index contributed by atoms with van der Waals surface area (Å²) in [4.78, 5) is 21.6. The Morgan fingerprint density at radius 2 is 2.10 bits per heavy atom. The first-order chi connectivity index (χ1) is 10.1. The molecule has 0 radical (unpaired) electrons. The summed E-state index contributed by atoms with van der Waals surface area (Å²) in [5.41, 5.74) is 8.43. The van der Waals surface area contributed by atoms with Crippen molar-refractivity contribution in [1.29, 1.82) is 0 Å². The van der Waals surface area contributed by atoms with Crippen LogP contribution < -0.4 is 11.1 Å². The van der Waals surface area contributed by atoms with Crippen LogP contribution in [0.2, 0.25) is 5.02 Å². The number of halogens is 1. The Morgan fingerprint density at radius 1 is 1.33 bits per heavy atom. The van der Waals surface area contributed by atoms with Crippen LogP contribution in [0.3, 0.4) is 0 Å². The fraction of sp³-hybridized carbons (Fsp3) is 0.0714. The molecule has 0 aliphatic carbocycles. The predicted octanol–water partition coefficient (Wildman–Crippen LogP) is 3.49. The number of nitrogens with two attached hydrogens (primary N) is 1. The summed E-state index contributed by atoms with van der Waals surface area (Å²) in [6.45, 7) is 1.90. The second-order valence-corrected chi connectivity index (χ2v) is 5.88. The van der Waals surface area contributed by atoms with Crippen molar-refractivity contribution in [1.82, 2.24) is 9.97 Å². The third-order valence-electron chi connectivity index (χ3n) is 3.00. The second kappa shape index (κ2) is 5.31. The van der Waals surface area contributed by atoms with Gasteiger partial charge in [0, 0.05) is 23.1 Å². The number of aromatic nitrogens is 2. The van der Waals surface area contributed by atoms with Crippen LogP contribution in [0.25, 0.3) is 10.3 Å². The molecule has 0 saturated carbocycles. The van der Waals surface area contributed by atoms with Crippen molar-refractivity contribution in [2.45, 2.75) is 6.92 Å². The van der Waals surface area contributed by atoms with Crippen LogP contribution in [0, 0.1) is 6.92 Å². The van der Waals surface area contributed by atoms with E-state index in [-0.39, 0.29) is 5.91 Å². The number of aryl methyl sites for hydroxylation is 1. The topological polar surface area (TPSA) is 80.9 Å². The monoisotopic (exact) mass is 318 g/mol. The fourth-order valence-electron chi connectivity index (χ4n) is 1.87. The van der Waals surface area contributed by atoms with Gasteiger partial charge in [-0.15, -0.1) is 11.3 Å². The molecule has 0 fully saturated rings. The van der Waals surface area contributed by atoms with Gasteiger partial charge in [0.15, 0.2) is 0 Å². The van der Waals surface area contributed by atoms with Gasteiger partial charge in [-0.2, -0.15) is 0 Å². The molecule has 0 unspecified atom stereocenters. The Bertz CT molecular complexity index is 846. The molecule has 2 aromatic heterocycles. The van der Waals surface area contributed by atoms with Gasteiger partial charge in [0.1, 0.15) is 15.2 Å². The van der Waals surface area contributed by atoms with Crippen LogP contribution in [-0.4, -0.2) is 15.9 Å². The zero-order valence-corrected chi connectivity index (χ0v) is 12.6. The van der Waals surface area contributed by atoms with Gasteiger partial charge in [0.2, 0.25) is 0 Å². The zero-order chi connectivity index (χ0) is 15.0. The molecule has 3 N–H and O–H groups in total. The first-order valence-corrected chi connectivity index (χ1v) is 7.32. The molecule has 0 saturated heterocycles. The van der Waals surface area contributed by atoms with Crippen molar-refractivity contribution in [2.24, 2.45) is 0 Å². The van der Waals surface area contributed by atoms with E-state index in [1.807, 2.05) is 13.0 Å². The quantitative estimate of drug-likeness (QED) is 0.758. The van der Waals surface area contributed by atoms with E-state index in [1.165, 1.54) is 11.3 Å². The molecule has 0 aliphatic rings. The van der Waals surface area contributed by atoms with E-state index in [0.717, 1.165) is 5.56 Å². The van der Waals surface area contributed by atoms with Crippen molar-refractivity contribution >= 4 is 50.6 Å². The van der Waals surface area contributed by atoms with Crippen LogP contribution >= 0.6 is 22.9 Å². The molecule has 106 valence electrons. The van der Waals surface area contributed by atoms with Gasteiger partial charge < -0.3 is 11.1 Å². The average molecular weight is 319 g/mol. The van der Waals surface area contributed by atoms with E-state index in [1.54, 1.807) is 24.5 Å². The van der Waals surface area contributed by atoms with Gasteiger partial charge in [0.25, 0.3) is 5.91 Å². The lowest BCUT2D eigenvalue weighted by molar-refractivity contribution is 0.103. The molecule has 0 bridgehead atoms. The highest BCUT2D eigenvalue weighted by atomic mass is 35.5. The van der Waals surface area contributed by atoms with Crippen LogP contribution in [0.15, 0.2) is 30.6 Å². The lowest BCUT2D eigenvalue weighted by Crippen LogP contribution is -2.12. The molecule has 5 nitrogen and oxygen atoms in total. The summed E-state index contributed by atoms with van der Waals surface area (Å²) in [6.07, 6.45) is 3.12. The lowest BCUT2D eigenvalue weighted by atomic mass is 10.2. The van der Waals surface area contributed by atoms with Crippen molar-refractivity contribution in [2.75, 3.05) is 11.1 Å². The fourth-order valence-corrected chi connectivity index (χ4v) is 2.97. The Labute approximate surface area is 129 Å². The predicted molar refractivity (Wildman–Crippen MR) is 86.0 cm³/mol. The van der Waals surface area contributed by atoms with Crippen molar-refractivity contribution in [3.63, 3.8) is 0 Å². The van der Waals surface area contributed by atoms with Gasteiger partial charge in [0.05, 0.1) is 5.69 Å². The number of nitrogens with one attached hydrogen (secondary N) is 1. The van der Waals surface area contributed by atoms with E-state index < -0.39 is 0 Å². The molecule has 0 spiro atoms. The van der Waals surface area contributed by atoms with E-state index >= 15 is 0 Å². The highest BCUT2D eigenvalue weighted by Gasteiger charge is 2.18. The van der Waals surface area contributed by atoms with E-state index in [2.05, 4.69) is 15.3 Å². The summed E-state index contributed by atoms with van der Waals surface area (Å²) in [7, 11) is 0. The molecule has 3 rings (SSSR count). The van der Waals surface area contributed by atoms with Crippen molar-refractivity contribution < 1.29 is 4.79 Å². The molecular formula is C14H11ClN4OS. The number of nitrogen functional groups attached to an aromatic ring is 1. The number of rotatable bonds is 2. The number of anilines is 2. The SMILES string of the molecule is Cc1ccc(NC(=O)c2sc3nccnc3c2N)cc1Cl. The number of thiophene rings is 1. The maximum Gasteiger partial charge on any atom is 0.268 e. The number of benzene rings is 1. The first kappa shape index (κ1) is 13.8. The minimum Gasteiger partial charge on any atom is -0.396 e. The van der Waals surface area contributed by atoms with E-state index in [9.17, 15) is 4.79 Å². The highest BCUT2D eigenvalue weighted by Crippen LogP contribution is 2.31. The molecule has 2 heterocycles. The van der Waals surface area contributed by atoms with Gasteiger partial charge in [-0.05, 0) is 24.6 Å². The third kappa shape index (κ3) is 2.55. The molecule has 7 heteroatoms. The Hall–Kier alpha value is -2.18. The standard InChI is InChI=1S/C14H11ClN4OS/c1-7-2-3-8(6-9(7)15)19-13(20)12-10(16)11-14(21-12)18-5-4-17-11/h2-6H,16H2,1H3,(H,19,20). The van der Waals surface area contributed by atoms with E-state index in [0.29, 0.717) is 31.6 Å². The van der Waals surface area contributed by atoms with Crippen LogP contribution in [0.1, 0.15) is 15.2 Å². The molecule has 21 heavy (non-hydrogen) atoms. The molecule has 0 aliphatic heterocycles. The summed E-state index contributed by atoms with van der Waals surface area (Å²) in [6, 6.07) is 5.34. The Kier molecular flexibility index (Phi) is 3.48. The second-order valence-electron chi connectivity index (χ2n) is 4.47. The third-order valence-corrected chi connectivity index (χ3v) is 4.51. The van der Waals surface area contributed by atoms with Crippen LogP contribution in [0.4, 0.5) is 11.4 Å². The zero-order valence-electron chi connectivity index (χ0n) is 11.1. The van der Waals surface area contributed by atoms with Crippen LogP contribution in [-0.2, 0) is 0 Å². The number of carbonyl (C=O) groups excluding carboxylic acids is 1. The normalized spacial score (nSPS) is 10.8. The molecule has 0 atom stereocenters. The molecular weight excluding hydrogens is 308 g/mol. The highest BCUT2D eigenvalue weighted by molar-refractivity contribution is 7.21. The Morgan fingerprint density at radius 3 is 2.81 bits per heavy atom. The van der Waals surface area contributed by atoms with Gasteiger partial charge >= 0.3 is 0 Å². The smallest absolute Gasteiger partial charge is 0.268 e. The minimum atomic E-state index is -0.294. The van der Waals surface area contributed by atoms with Crippen molar-refractivity contribution in [3.05, 3.63) is 46.1 Å². The number of amides is 1. The van der Waals surface area contributed by atoms with Gasteiger partial charge in [-0.25, -0.2) is 9.97 Å².